The van der Waals surface area contributed by atoms with E-state index in [0.717, 1.165) is 16.6 Å². The van der Waals surface area contributed by atoms with Gasteiger partial charge in [-0.1, -0.05) is 59.3 Å². The third kappa shape index (κ3) is 3.89. The summed E-state index contributed by atoms with van der Waals surface area (Å²) < 4.78 is 0. The van der Waals surface area contributed by atoms with Gasteiger partial charge in [-0.3, -0.25) is 5.10 Å². The van der Waals surface area contributed by atoms with Gasteiger partial charge < -0.3 is 5.32 Å². The van der Waals surface area contributed by atoms with Crippen molar-refractivity contribution < 1.29 is 0 Å². The Bertz CT molecular complexity index is 732. The zero-order valence-corrected chi connectivity index (χ0v) is 13.4. The van der Waals surface area contributed by atoms with Gasteiger partial charge >= 0.3 is 0 Å². The lowest BCUT2D eigenvalue weighted by Gasteiger charge is -2.03. The normalized spacial score (nSPS) is 10.6. The number of para-hydroxylation sites is 1. The number of H-pyrrole nitrogens is 1. The van der Waals surface area contributed by atoms with E-state index in [1.54, 1.807) is 11.8 Å². The summed E-state index contributed by atoms with van der Waals surface area (Å²) in [6, 6.07) is 16.5. The minimum Gasteiger partial charge on any atom is -0.323 e. The van der Waals surface area contributed by atoms with Gasteiger partial charge in [-0.2, -0.15) is 4.98 Å². The molecule has 0 aliphatic heterocycles. The van der Waals surface area contributed by atoms with E-state index in [2.05, 4.69) is 52.5 Å². The summed E-state index contributed by atoms with van der Waals surface area (Å²) in [5.74, 6) is 1.47. The van der Waals surface area contributed by atoms with Crippen LogP contribution in [0.15, 0.2) is 53.7 Å². The highest BCUT2D eigenvalue weighted by Gasteiger charge is 2.05. The molecule has 0 unspecified atom stereocenters. The lowest BCUT2D eigenvalue weighted by Crippen LogP contribution is -1.91. The minimum absolute atomic E-state index is 0.592. The van der Waals surface area contributed by atoms with E-state index in [1.165, 1.54) is 16.7 Å². The zero-order chi connectivity index (χ0) is 15.4. The maximum Gasteiger partial charge on any atom is 0.247 e. The lowest BCUT2D eigenvalue weighted by atomic mass is 10.1. The van der Waals surface area contributed by atoms with E-state index >= 15 is 0 Å². The Morgan fingerprint density at radius 1 is 1.05 bits per heavy atom. The fourth-order valence-electron chi connectivity index (χ4n) is 2.32. The van der Waals surface area contributed by atoms with Crippen LogP contribution in [0.1, 0.15) is 16.7 Å². The minimum atomic E-state index is 0.592. The van der Waals surface area contributed by atoms with Gasteiger partial charge in [-0.05, 0) is 31.5 Å². The molecule has 3 rings (SSSR count). The highest BCUT2D eigenvalue weighted by Crippen LogP contribution is 2.22. The van der Waals surface area contributed by atoms with E-state index in [9.17, 15) is 0 Å². The van der Waals surface area contributed by atoms with Crippen molar-refractivity contribution in [2.75, 3.05) is 5.32 Å². The van der Waals surface area contributed by atoms with Crippen LogP contribution in [0.4, 0.5) is 11.6 Å². The molecule has 0 radical (unpaired) electrons. The molecular weight excluding hydrogens is 292 g/mol. The number of nitrogens with zero attached hydrogens (tertiary/aromatic N) is 2. The molecular formula is C17H18N4S. The number of aryl methyl sites for hydroxylation is 2. The molecule has 5 heteroatoms. The Hall–Kier alpha value is -2.27. The average Bonchev–Trinajstić information content (AvgIpc) is 2.93. The summed E-state index contributed by atoms with van der Waals surface area (Å²) in [5, 5.41) is 11.1. The average molecular weight is 310 g/mol. The third-order valence-corrected chi connectivity index (χ3v) is 4.09. The fraction of sp³-hybridized carbons (Fsp3) is 0.176. The van der Waals surface area contributed by atoms with Crippen LogP contribution >= 0.6 is 11.8 Å². The molecule has 2 aromatic carbocycles. The Morgan fingerprint density at radius 2 is 1.77 bits per heavy atom. The molecule has 4 nitrogen and oxygen atoms in total. The number of rotatable bonds is 5. The molecule has 0 saturated heterocycles. The number of hydrogen-bond acceptors (Lipinski definition) is 4. The van der Waals surface area contributed by atoms with Crippen molar-refractivity contribution in [3.05, 3.63) is 65.2 Å². The second kappa shape index (κ2) is 6.66. The Morgan fingerprint density at radius 3 is 2.50 bits per heavy atom. The first-order chi connectivity index (χ1) is 10.7. The maximum absolute atomic E-state index is 4.45. The van der Waals surface area contributed by atoms with Gasteiger partial charge in [-0.25, -0.2) is 0 Å². The number of benzene rings is 2. The molecule has 0 bridgehead atoms. The van der Waals surface area contributed by atoms with E-state index in [4.69, 9.17) is 0 Å². The van der Waals surface area contributed by atoms with Gasteiger partial charge in [0, 0.05) is 11.4 Å². The van der Waals surface area contributed by atoms with Crippen LogP contribution in [0.25, 0.3) is 0 Å². The standard InChI is InChI=1S/C17H18N4S/c1-12-8-13(2)10-14(9-12)11-22-17-19-16(20-21-17)18-15-6-4-3-5-7-15/h3-10H,11H2,1-2H3,(H2,18,19,20,21). The molecule has 0 aliphatic carbocycles. The summed E-state index contributed by atoms with van der Waals surface area (Å²) in [7, 11) is 0. The quantitative estimate of drug-likeness (QED) is 0.683. The van der Waals surface area contributed by atoms with Crippen LogP contribution in [0.5, 0.6) is 0 Å². The summed E-state index contributed by atoms with van der Waals surface area (Å²) in [4.78, 5) is 4.45. The highest BCUT2D eigenvalue weighted by molar-refractivity contribution is 7.98. The smallest absolute Gasteiger partial charge is 0.247 e. The maximum atomic E-state index is 4.45. The first-order valence-electron chi connectivity index (χ1n) is 7.13. The van der Waals surface area contributed by atoms with Crippen LogP contribution < -0.4 is 5.32 Å². The molecule has 2 N–H and O–H groups in total. The van der Waals surface area contributed by atoms with Crippen LogP contribution in [0.3, 0.4) is 0 Å². The van der Waals surface area contributed by atoms with Gasteiger partial charge in [-0.15, -0.1) is 5.10 Å². The molecule has 0 saturated carbocycles. The molecule has 22 heavy (non-hydrogen) atoms. The van der Waals surface area contributed by atoms with Crippen molar-refractivity contribution in [3.63, 3.8) is 0 Å². The molecule has 0 spiro atoms. The second-order valence-corrected chi connectivity index (χ2v) is 6.20. The molecule has 1 aromatic heterocycles. The summed E-state index contributed by atoms with van der Waals surface area (Å²) in [5.41, 5.74) is 4.86. The molecule has 0 aliphatic rings. The fourth-order valence-corrected chi connectivity index (χ4v) is 3.05. The van der Waals surface area contributed by atoms with Gasteiger partial charge in [0.15, 0.2) is 5.16 Å². The number of aromatic nitrogens is 3. The van der Waals surface area contributed by atoms with Crippen LogP contribution in [-0.4, -0.2) is 15.2 Å². The van der Waals surface area contributed by atoms with Crippen LogP contribution in [0.2, 0.25) is 0 Å². The molecule has 1 heterocycles. The zero-order valence-electron chi connectivity index (χ0n) is 12.6. The predicted octanol–water partition coefficient (Wildman–Crippen LogP) is 4.46. The van der Waals surface area contributed by atoms with E-state index in [1.807, 2.05) is 30.3 Å². The Balaban J connectivity index is 1.62. The monoisotopic (exact) mass is 310 g/mol. The van der Waals surface area contributed by atoms with Crippen molar-refractivity contribution in [1.29, 1.82) is 0 Å². The topological polar surface area (TPSA) is 53.6 Å². The van der Waals surface area contributed by atoms with E-state index in [-0.39, 0.29) is 0 Å². The van der Waals surface area contributed by atoms with Crippen LogP contribution in [0, 0.1) is 13.8 Å². The second-order valence-electron chi connectivity index (χ2n) is 5.24. The molecule has 0 fully saturated rings. The van der Waals surface area contributed by atoms with Crippen molar-refractivity contribution in [2.45, 2.75) is 24.8 Å². The first-order valence-corrected chi connectivity index (χ1v) is 8.12. The Kier molecular flexibility index (Phi) is 4.44. The molecule has 0 amide bonds. The van der Waals surface area contributed by atoms with E-state index in [0.29, 0.717) is 5.95 Å². The summed E-state index contributed by atoms with van der Waals surface area (Å²) in [6.45, 7) is 4.25. The number of anilines is 2. The van der Waals surface area contributed by atoms with Crippen LogP contribution in [-0.2, 0) is 5.75 Å². The molecule has 0 atom stereocenters. The van der Waals surface area contributed by atoms with Crippen molar-refractivity contribution in [1.82, 2.24) is 15.2 Å². The predicted molar refractivity (Wildman–Crippen MR) is 91.6 cm³/mol. The lowest BCUT2D eigenvalue weighted by molar-refractivity contribution is 0.973. The number of nitrogens with one attached hydrogen (secondary N) is 2. The van der Waals surface area contributed by atoms with Crippen molar-refractivity contribution >= 4 is 23.4 Å². The number of hydrogen-bond donors (Lipinski definition) is 2. The van der Waals surface area contributed by atoms with Gasteiger partial charge in [0.1, 0.15) is 0 Å². The molecule has 3 aromatic rings. The highest BCUT2D eigenvalue weighted by atomic mass is 32.2. The van der Waals surface area contributed by atoms with Gasteiger partial charge in [0.2, 0.25) is 5.95 Å². The van der Waals surface area contributed by atoms with Gasteiger partial charge in [0.25, 0.3) is 0 Å². The summed E-state index contributed by atoms with van der Waals surface area (Å²) >= 11 is 1.65. The molecule has 112 valence electrons. The van der Waals surface area contributed by atoms with Crippen molar-refractivity contribution in [2.24, 2.45) is 0 Å². The number of thioether (sulfide) groups is 1. The van der Waals surface area contributed by atoms with Crippen molar-refractivity contribution in [3.8, 4) is 0 Å². The summed E-state index contributed by atoms with van der Waals surface area (Å²) in [6.07, 6.45) is 0. The largest absolute Gasteiger partial charge is 0.323 e. The Labute approximate surface area is 134 Å². The van der Waals surface area contributed by atoms with Gasteiger partial charge in [0.05, 0.1) is 0 Å². The third-order valence-electron chi connectivity index (χ3n) is 3.15. The number of aromatic amines is 1. The first kappa shape index (κ1) is 14.7. The van der Waals surface area contributed by atoms with E-state index < -0.39 is 0 Å². The SMILES string of the molecule is Cc1cc(C)cc(CSc2nc(Nc3ccccc3)n[nH]2)c1.